The zero-order valence-corrected chi connectivity index (χ0v) is 12.0. The van der Waals surface area contributed by atoms with Gasteiger partial charge in [-0.25, -0.2) is 0 Å². The Kier molecular flexibility index (Phi) is 6.70. The van der Waals surface area contributed by atoms with Crippen LogP contribution < -0.4 is 10.1 Å². The molecule has 0 aliphatic heterocycles. The van der Waals surface area contributed by atoms with Gasteiger partial charge in [0.05, 0.1) is 24.8 Å². The molecule has 0 aliphatic carbocycles. The molecule has 0 heterocycles. The maximum atomic E-state index is 11.5. The Morgan fingerprint density at radius 1 is 1.33 bits per heavy atom. The molecule has 5 nitrogen and oxygen atoms in total. The van der Waals surface area contributed by atoms with Crippen molar-refractivity contribution in [3.8, 4) is 5.75 Å². The van der Waals surface area contributed by atoms with Crippen molar-refractivity contribution in [1.29, 1.82) is 0 Å². The number of rotatable bonds is 7. The SMILES string of the molecule is COCCOCC(=O)Nc1ccc(Br)c(OC)c1. The van der Waals surface area contributed by atoms with Crippen LogP contribution in [0, 0.1) is 0 Å². The summed E-state index contributed by atoms with van der Waals surface area (Å²) in [6.45, 7) is 0.870. The fourth-order valence-electron chi connectivity index (χ4n) is 1.24. The molecule has 0 atom stereocenters. The minimum atomic E-state index is -0.213. The van der Waals surface area contributed by atoms with Gasteiger partial charge in [0, 0.05) is 18.9 Å². The van der Waals surface area contributed by atoms with E-state index in [9.17, 15) is 4.79 Å². The molecule has 1 aromatic rings. The number of methoxy groups -OCH3 is 2. The van der Waals surface area contributed by atoms with E-state index in [4.69, 9.17) is 14.2 Å². The molecule has 1 N–H and O–H groups in total. The first kappa shape index (κ1) is 14.9. The summed E-state index contributed by atoms with van der Waals surface area (Å²) in [4.78, 5) is 11.5. The van der Waals surface area contributed by atoms with Gasteiger partial charge in [-0.2, -0.15) is 0 Å². The van der Waals surface area contributed by atoms with Crippen LogP contribution in [0.5, 0.6) is 5.75 Å². The summed E-state index contributed by atoms with van der Waals surface area (Å²) in [5.74, 6) is 0.448. The summed E-state index contributed by atoms with van der Waals surface area (Å²) in [5.41, 5.74) is 0.662. The van der Waals surface area contributed by atoms with Crippen LogP contribution >= 0.6 is 15.9 Å². The largest absolute Gasteiger partial charge is 0.495 e. The zero-order chi connectivity index (χ0) is 13.4. The van der Waals surface area contributed by atoms with E-state index >= 15 is 0 Å². The van der Waals surface area contributed by atoms with E-state index in [1.165, 1.54) is 0 Å². The molecule has 1 rings (SSSR count). The van der Waals surface area contributed by atoms with Crippen molar-refractivity contribution in [2.45, 2.75) is 0 Å². The molecule has 0 spiro atoms. The van der Waals surface area contributed by atoms with Gasteiger partial charge in [-0.3, -0.25) is 4.79 Å². The average Bonchev–Trinajstić information content (AvgIpc) is 2.37. The number of halogens is 1. The highest BCUT2D eigenvalue weighted by Gasteiger charge is 2.05. The van der Waals surface area contributed by atoms with Crippen LogP contribution in [0.15, 0.2) is 22.7 Å². The van der Waals surface area contributed by atoms with Crippen molar-refractivity contribution >= 4 is 27.5 Å². The minimum Gasteiger partial charge on any atom is -0.495 e. The molecule has 0 saturated carbocycles. The summed E-state index contributed by atoms with van der Waals surface area (Å²) in [5, 5.41) is 2.72. The highest BCUT2D eigenvalue weighted by Crippen LogP contribution is 2.27. The second kappa shape index (κ2) is 8.07. The van der Waals surface area contributed by atoms with Gasteiger partial charge in [-0.05, 0) is 28.1 Å². The molecule has 1 aromatic carbocycles. The zero-order valence-electron chi connectivity index (χ0n) is 10.4. The number of nitrogens with one attached hydrogen (secondary N) is 1. The van der Waals surface area contributed by atoms with E-state index in [2.05, 4.69) is 21.2 Å². The molecule has 0 bridgehead atoms. The lowest BCUT2D eigenvalue weighted by Crippen LogP contribution is -2.19. The topological polar surface area (TPSA) is 56.8 Å². The number of benzene rings is 1. The fraction of sp³-hybridized carbons (Fsp3) is 0.417. The number of amides is 1. The molecule has 0 radical (unpaired) electrons. The lowest BCUT2D eigenvalue weighted by molar-refractivity contribution is -0.121. The Morgan fingerprint density at radius 2 is 2.11 bits per heavy atom. The summed E-state index contributed by atoms with van der Waals surface area (Å²) in [6.07, 6.45) is 0. The molecular weight excluding hydrogens is 302 g/mol. The third-order valence-electron chi connectivity index (χ3n) is 2.10. The second-order valence-corrected chi connectivity index (χ2v) is 4.30. The smallest absolute Gasteiger partial charge is 0.250 e. The molecule has 0 aliphatic rings. The van der Waals surface area contributed by atoms with E-state index in [0.717, 1.165) is 4.47 Å². The van der Waals surface area contributed by atoms with E-state index in [-0.39, 0.29) is 12.5 Å². The third-order valence-corrected chi connectivity index (χ3v) is 2.75. The van der Waals surface area contributed by atoms with Gasteiger partial charge in [0.1, 0.15) is 12.4 Å². The molecule has 100 valence electrons. The predicted molar refractivity (Wildman–Crippen MR) is 72.0 cm³/mol. The monoisotopic (exact) mass is 317 g/mol. The van der Waals surface area contributed by atoms with Crippen molar-refractivity contribution in [2.24, 2.45) is 0 Å². The van der Waals surface area contributed by atoms with Crippen molar-refractivity contribution in [2.75, 3.05) is 39.4 Å². The second-order valence-electron chi connectivity index (χ2n) is 3.44. The van der Waals surface area contributed by atoms with Crippen LogP contribution in [0.2, 0.25) is 0 Å². The summed E-state index contributed by atoms with van der Waals surface area (Å²) >= 11 is 3.34. The summed E-state index contributed by atoms with van der Waals surface area (Å²) in [7, 11) is 3.15. The maximum Gasteiger partial charge on any atom is 0.250 e. The van der Waals surface area contributed by atoms with Gasteiger partial charge in [0.2, 0.25) is 5.91 Å². The standard InChI is InChI=1S/C12H16BrNO4/c1-16-5-6-18-8-12(15)14-9-3-4-10(13)11(7-9)17-2/h3-4,7H,5-6,8H2,1-2H3,(H,14,15). The van der Waals surface area contributed by atoms with Gasteiger partial charge in [-0.15, -0.1) is 0 Å². The molecular formula is C12H16BrNO4. The van der Waals surface area contributed by atoms with E-state index < -0.39 is 0 Å². The van der Waals surface area contributed by atoms with Crippen LogP contribution in [-0.2, 0) is 14.3 Å². The fourth-order valence-corrected chi connectivity index (χ4v) is 1.65. The normalized spacial score (nSPS) is 10.2. The third kappa shape index (κ3) is 5.03. The molecule has 0 unspecified atom stereocenters. The Bertz CT molecular complexity index is 398. The summed E-state index contributed by atoms with van der Waals surface area (Å²) < 4.78 is 15.9. The number of hydrogen-bond donors (Lipinski definition) is 1. The number of ether oxygens (including phenoxy) is 3. The molecule has 0 aromatic heterocycles. The number of anilines is 1. The first-order valence-corrected chi connectivity index (χ1v) is 6.16. The van der Waals surface area contributed by atoms with Crippen molar-refractivity contribution in [3.63, 3.8) is 0 Å². The highest BCUT2D eigenvalue weighted by molar-refractivity contribution is 9.10. The van der Waals surface area contributed by atoms with Crippen molar-refractivity contribution in [3.05, 3.63) is 22.7 Å². The first-order valence-electron chi connectivity index (χ1n) is 5.37. The minimum absolute atomic E-state index is 0.00173. The van der Waals surface area contributed by atoms with E-state index in [0.29, 0.717) is 24.7 Å². The first-order chi connectivity index (χ1) is 8.67. The Hall–Kier alpha value is -1.11. The van der Waals surface area contributed by atoms with Crippen molar-refractivity contribution in [1.82, 2.24) is 0 Å². The van der Waals surface area contributed by atoms with Crippen LogP contribution in [0.25, 0.3) is 0 Å². The van der Waals surface area contributed by atoms with Crippen LogP contribution in [0.4, 0.5) is 5.69 Å². The molecule has 0 saturated heterocycles. The highest BCUT2D eigenvalue weighted by atomic mass is 79.9. The van der Waals surface area contributed by atoms with Gasteiger partial charge in [-0.1, -0.05) is 0 Å². The Balaban J connectivity index is 2.44. The predicted octanol–water partition coefficient (Wildman–Crippen LogP) is 2.06. The van der Waals surface area contributed by atoms with Gasteiger partial charge in [0.25, 0.3) is 0 Å². The quantitative estimate of drug-likeness (QED) is 0.782. The van der Waals surface area contributed by atoms with Crippen LogP contribution in [0.3, 0.4) is 0 Å². The average molecular weight is 318 g/mol. The molecule has 0 fully saturated rings. The molecule has 18 heavy (non-hydrogen) atoms. The Morgan fingerprint density at radius 3 is 2.78 bits per heavy atom. The van der Waals surface area contributed by atoms with Crippen LogP contribution in [0.1, 0.15) is 0 Å². The Labute approximate surface area is 115 Å². The molecule has 1 amide bonds. The lowest BCUT2D eigenvalue weighted by Gasteiger charge is -2.08. The van der Waals surface area contributed by atoms with Gasteiger partial charge >= 0.3 is 0 Å². The van der Waals surface area contributed by atoms with E-state index in [1.54, 1.807) is 32.4 Å². The van der Waals surface area contributed by atoms with Crippen molar-refractivity contribution < 1.29 is 19.0 Å². The summed E-state index contributed by atoms with van der Waals surface area (Å²) in [6, 6.07) is 5.32. The lowest BCUT2D eigenvalue weighted by atomic mass is 10.3. The molecule has 6 heteroatoms. The number of carbonyl (C=O) groups excluding carboxylic acids is 1. The maximum absolute atomic E-state index is 11.5. The van der Waals surface area contributed by atoms with E-state index in [1.807, 2.05) is 0 Å². The number of hydrogen-bond acceptors (Lipinski definition) is 4. The van der Waals surface area contributed by atoms with Gasteiger partial charge < -0.3 is 19.5 Å². The number of carbonyl (C=O) groups is 1. The van der Waals surface area contributed by atoms with Crippen LogP contribution in [-0.4, -0.2) is 39.9 Å². The van der Waals surface area contributed by atoms with Gasteiger partial charge in [0.15, 0.2) is 0 Å².